The number of primary sulfonamides is 1. The third-order valence-electron chi connectivity index (χ3n) is 3.85. The Hall–Kier alpha value is -2.38. The summed E-state index contributed by atoms with van der Waals surface area (Å²) >= 11 is 0. The van der Waals surface area contributed by atoms with Crippen LogP contribution in [0.25, 0.3) is 0 Å². The maximum absolute atomic E-state index is 12.2. The van der Waals surface area contributed by atoms with Gasteiger partial charge < -0.3 is 10.1 Å². The van der Waals surface area contributed by atoms with Gasteiger partial charge in [0.05, 0.1) is 4.90 Å². The predicted octanol–water partition coefficient (Wildman–Crippen LogP) is 3.04. The van der Waals surface area contributed by atoms with Crippen molar-refractivity contribution in [3.8, 4) is 5.75 Å². The molecule has 0 aliphatic rings. The molecule has 0 unspecified atom stereocenters. The summed E-state index contributed by atoms with van der Waals surface area (Å²) in [5.41, 5.74) is 1.68. The molecule has 0 radical (unpaired) electrons. The van der Waals surface area contributed by atoms with Gasteiger partial charge >= 0.3 is 0 Å². The Morgan fingerprint density at radius 1 is 1.04 bits per heavy atom. The van der Waals surface area contributed by atoms with Crippen molar-refractivity contribution >= 4 is 21.6 Å². The second-order valence-electron chi connectivity index (χ2n) is 7.09. The summed E-state index contributed by atoms with van der Waals surface area (Å²) < 4.78 is 28.1. The molecule has 0 saturated carbocycles. The third-order valence-corrected chi connectivity index (χ3v) is 4.78. The van der Waals surface area contributed by atoms with Crippen LogP contribution in [0.15, 0.2) is 53.4 Å². The highest BCUT2D eigenvalue weighted by Gasteiger charge is 2.17. The number of carbonyl (C=O) groups excluding carboxylic acids is 1. The van der Waals surface area contributed by atoms with Crippen molar-refractivity contribution in [2.45, 2.75) is 44.1 Å². The predicted molar refractivity (Wildman–Crippen MR) is 102 cm³/mol. The number of anilines is 1. The number of nitrogens with one attached hydrogen (secondary N) is 1. The standard InChI is InChI=1S/C19H24N2O4S/c1-13(25-16-9-5-14(6-10-16)19(2,3)4)18(22)21-15-7-11-17(12-8-15)26(20,23)24/h5-13H,1-4H3,(H,21,22)(H2,20,23,24)/t13-/m0/s1. The van der Waals surface area contributed by atoms with Gasteiger partial charge in [-0.05, 0) is 54.3 Å². The average Bonchev–Trinajstić information content (AvgIpc) is 2.54. The summed E-state index contributed by atoms with van der Waals surface area (Å²) in [4.78, 5) is 12.2. The fourth-order valence-corrected chi connectivity index (χ4v) is 2.78. The van der Waals surface area contributed by atoms with Crippen LogP contribution in [-0.4, -0.2) is 20.4 Å². The number of carbonyl (C=O) groups is 1. The van der Waals surface area contributed by atoms with Gasteiger partial charge in [-0.15, -0.1) is 0 Å². The van der Waals surface area contributed by atoms with E-state index in [-0.39, 0.29) is 16.2 Å². The zero-order valence-corrected chi connectivity index (χ0v) is 16.1. The van der Waals surface area contributed by atoms with Gasteiger partial charge in [0, 0.05) is 5.69 Å². The van der Waals surface area contributed by atoms with Gasteiger partial charge in [-0.25, -0.2) is 13.6 Å². The monoisotopic (exact) mass is 376 g/mol. The van der Waals surface area contributed by atoms with Gasteiger partial charge in [-0.1, -0.05) is 32.9 Å². The minimum atomic E-state index is -3.76. The average molecular weight is 376 g/mol. The Labute approximate surface area is 154 Å². The Bertz CT molecular complexity index is 867. The van der Waals surface area contributed by atoms with E-state index in [2.05, 4.69) is 26.1 Å². The van der Waals surface area contributed by atoms with Crippen LogP contribution in [-0.2, 0) is 20.2 Å². The third kappa shape index (κ3) is 5.31. The maximum Gasteiger partial charge on any atom is 0.265 e. The van der Waals surface area contributed by atoms with Gasteiger partial charge in [0.1, 0.15) is 5.75 Å². The van der Waals surface area contributed by atoms with E-state index < -0.39 is 16.1 Å². The number of hydrogen-bond acceptors (Lipinski definition) is 4. The lowest BCUT2D eigenvalue weighted by molar-refractivity contribution is -0.122. The van der Waals surface area contributed by atoms with Crippen molar-refractivity contribution in [1.82, 2.24) is 0 Å². The molecule has 0 aromatic heterocycles. The second-order valence-corrected chi connectivity index (χ2v) is 8.65. The summed E-state index contributed by atoms with van der Waals surface area (Å²) in [7, 11) is -3.76. The zero-order valence-electron chi connectivity index (χ0n) is 15.3. The number of benzene rings is 2. The molecule has 0 bridgehead atoms. The number of amides is 1. The summed E-state index contributed by atoms with van der Waals surface area (Å²) in [6.07, 6.45) is -0.714. The van der Waals surface area contributed by atoms with E-state index in [0.29, 0.717) is 11.4 Å². The van der Waals surface area contributed by atoms with Gasteiger partial charge in [0.2, 0.25) is 10.0 Å². The Balaban J connectivity index is 1.99. The molecule has 1 amide bonds. The maximum atomic E-state index is 12.2. The normalized spacial score (nSPS) is 13.1. The van der Waals surface area contributed by atoms with Gasteiger partial charge in [0.25, 0.3) is 5.91 Å². The number of hydrogen-bond donors (Lipinski definition) is 2. The molecule has 0 heterocycles. The highest BCUT2D eigenvalue weighted by molar-refractivity contribution is 7.89. The number of rotatable bonds is 5. The van der Waals surface area contributed by atoms with Crippen molar-refractivity contribution in [1.29, 1.82) is 0 Å². The number of ether oxygens (including phenoxy) is 1. The molecule has 140 valence electrons. The topological polar surface area (TPSA) is 98.5 Å². The van der Waals surface area contributed by atoms with Crippen LogP contribution in [0.1, 0.15) is 33.3 Å². The minimum Gasteiger partial charge on any atom is -0.481 e. The molecule has 26 heavy (non-hydrogen) atoms. The largest absolute Gasteiger partial charge is 0.481 e. The molecule has 0 spiro atoms. The first kappa shape index (κ1) is 19.9. The fourth-order valence-electron chi connectivity index (χ4n) is 2.26. The molecule has 1 atom stereocenters. The van der Waals surface area contributed by atoms with Crippen molar-refractivity contribution in [2.24, 2.45) is 5.14 Å². The van der Waals surface area contributed by atoms with Gasteiger partial charge in [-0.2, -0.15) is 0 Å². The lowest BCUT2D eigenvalue weighted by Gasteiger charge is -2.20. The van der Waals surface area contributed by atoms with E-state index in [0.717, 1.165) is 0 Å². The molecule has 0 saturated heterocycles. The molecule has 7 heteroatoms. The van der Waals surface area contributed by atoms with E-state index in [9.17, 15) is 13.2 Å². The van der Waals surface area contributed by atoms with Crippen LogP contribution in [0, 0.1) is 0 Å². The van der Waals surface area contributed by atoms with Crippen LogP contribution < -0.4 is 15.2 Å². The lowest BCUT2D eigenvalue weighted by Crippen LogP contribution is -2.30. The molecule has 3 N–H and O–H groups in total. The molecule has 0 fully saturated rings. The zero-order chi connectivity index (χ0) is 19.5. The van der Waals surface area contributed by atoms with E-state index in [1.807, 2.05) is 24.3 Å². The van der Waals surface area contributed by atoms with Crippen molar-refractivity contribution < 1.29 is 17.9 Å². The fraction of sp³-hybridized carbons (Fsp3) is 0.316. The van der Waals surface area contributed by atoms with Crippen LogP contribution in [0.4, 0.5) is 5.69 Å². The van der Waals surface area contributed by atoms with E-state index >= 15 is 0 Å². The SMILES string of the molecule is C[C@H](Oc1ccc(C(C)(C)C)cc1)C(=O)Nc1ccc(S(N)(=O)=O)cc1. The minimum absolute atomic E-state index is 0.0151. The molecule has 2 aromatic carbocycles. The first-order valence-corrected chi connectivity index (χ1v) is 9.72. The van der Waals surface area contributed by atoms with E-state index in [1.165, 1.54) is 29.8 Å². The van der Waals surface area contributed by atoms with Crippen molar-refractivity contribution in [2.75, 3.05) is 5.32 Å². The molecule has 2 aromatic rings. The smallest absolute Gasteiger partial charge is 0.265 e. The van der Waals surface area contributed by atoms with Crippen LogP contribution in [0.5, 0.6) is 5.75 Å². The molecular weight excluding hydrogens is 352 g/mol. The quantitative estimate of drug-likeness (QED) is 0.838. The molecular formula is C19H24N2O4S. The molecule has 6 nitrogen and oxygen atoms in total. The van der Waals surface area contributed by atoms with E-state index in [1.54, 1.807) is 6.92 Å². The Kier molecular flexibility index (Phi) is 5.73. The second kappa shape index (κ2) is 7.47. The highest BCUT2D eigenvalue weighted by atomic mass is 32.2. The van der Waals surface area contributed by atoms with E-state index in [4.69, 9.17) is 9.88 Å². The molecule has 2 rings (SSSR count). The Morgan fingerprint density at radius 3 is 2.04 bits per heavy atom. The first-order valence-electron chi connectivity index (χ1n) is 8.18. The lowest BCUT2D eigenvalue weighted by atomic mass is 9.87. The van der Waals surface area contributed by atoms with Crippen LogP contribution >= 0.6 is 0 Å². The van der Waals surface area contributed by atoms with Gasteiger partial charge in [0.15, 0.2) is 6.10 Å². The van der Waals surface area contributed by atoms with Gasteiger partial charge in [-0.3, -0.25) is 4.79 Å². The summed E-state index contributed by atoms with van der Waals surface area (Å²) in [5, 5.41) is 7.72. The highest BCUT2D eigenvalue weighted by Crippen LogP contribution is 2.24. The summed E-state index contributed by atoms with van der Waals surface area (Å²) in [6, 6.07) is 13.3. The summed E-state index contributed by atoms with van der Waals surface area (Å²) in [6.45, 7) is 8.02. The molecule has 0 aliphatic carbocycles. The Morgan fingerprint density at radius 2 is 1.58 bits per heavy atom. The van der Waals surface area contributed by atoms with Crippen molar-refractivity contribution in [3.05, 3.63) is 54.1 Å². The molecule has 0 aliphatic heterocycles. The number of sulfonamides is 1. The number of nitrogens with two attached hydrogens (primary N) is 1. The van der Waals surface area contributed by atoms with Crippen molar-refractivity contribution in [3.63, 3.8) is 0 Å². The van der Waals surface area contributed by atoms with Crippen LogP contribution in [0.2, 0.25) is 0 Å². The first-order chi connectivity index (χ1) is 12.0. The van der Waals surface area contributed by atoms with Crippen LogP contribution in [0.3, 0.4) is 0 Å². The summed E-state index contributed by atoms with van der Waals surface area (Å²) in [5.74, 6) is 0.262.